The van der Waals surface area contributed by atoms with Crippen LogP contribution in [-0.2, 0) is 21.7 Å². The van der Waals surface area contributed by atoms with Crippen molar-refractivity contribution < 1.29 is 8.83 Å². The lowest BCUT2D eigenvalue weighted by atomic mass is 9.72. The van der Waals surface area contributed by atoms with Gasteiger partial charge < -0.3 is 13.7 Å². The highest BCUT2D eigenvalue weighted by molar-refractivity contribution is 6.21. The molecule has 0 amide bonds. The molecule has 0 bridgehead atoms. The molecule has 0 fully saturated rings. The summed E-state index contributed by atoms with van der Waals surface area (Å²) in [7, 11) is 0. The Balaban J connectivity index is 0.909. The molecule has 0 spiro atoms. The van der Waals surface area contributed by atoms with Gasteiger partial charge in [-0.2, -0.15) is 0 Å². The Morgan fingerprint density at radius 2 is 0.871 bits per heavy atom. The average Bonchev–Trinajstić information content (AvgIpc) is 4.14. The lowest BCUT2D eigenvalue weighted by molar-refractivity contribution is 0.600. The molecule has 4 aliphatic rings. The van der Waals surface area contributed by atoms with Crippen molar-refractivity contribution in [1.82, 2.24) is 0 Å². The van der Waals surface area contributed by atoms with E-state index in [0.717, 1.165) is 39.4 Å². The zero-order valence-electron chi connectivity index (χ0n) is 41.3. The molecule has 0 unspecified atom stereocenters. The van der Waals surface area contributed by atoms with E-state index in [1.807, 2.05) is 0 Å². The van der Waals surface area contributed by atoms with Crippen LogP contribution in [0.25, 0.3) is 88.4 Å². The summed E-state index contributed by atoms with van der Waals surface area (Å²) in [5, 5.41) is 4.83. The van der Waals surface area contributed by atoms with Crippen molar-refractivity contribution in [1.29, 1.82) is 0 Å². The highest BCUT2D eigenvalue weighted by atomic mass is 16.3. The molecule has 2 aromatic heterocycles. The minimum absolute atomic E-state index is 0.168. The number of rotatable bonds is 3. The van der Waals surface area contributed by atoms with E-state index in [-0.39, 0.29) is 21.7 Å². The summed E-state index contributed by atoms with van der Waals surface area (Å²) in [6, 6.07) is 59.3. The molecule has 3 heteroatoms. The van der Waals surface area contributed by atoms with E-state index in [9.17, 15) is 0 Å². The summed E-state index contributed by atoms with van der Waals surface area (Å²) in [6.07, 6.45) is 0. The van der Waals surface area contributed by atoms with Gasteiger partial charge in [-0.15, -0.1) is 0 Å². The van der Waals surface area contributed by atoms with Gasteiger partial charge in [-0.05, 0) is 157 Å². The summed E-state index contributed by atoms with van der Waals surface area (Å²) in [5.74, 6) is 0. The molecule has 9 aromatic carbocycles. The van der Waals surface area contributed by atoms with E-state index in [1.165, 1.54) is 116 Å². The number of furan rings is 2. The van der Waals surface area contributed by atoms with Crippen LogP contribution in [0.3, 0.4) is 0 Å². The molecule has 2 heterocycles. The first-order chi connectivity index (χ1) is 33.7. The summed E-state index contributed by atoms with van der Waals surface area (Å²) >= 11 is 0. The Morgan fingerprint density at radius 3 is 1.61 bits per heavy atom. The molecular weight excluding hydrogens is 851 g/mol. The molecule has 0 radical (unpaired) electrons. The summed E-state index contributed by atoms with van der Waals surface area (Å²) in [4.78, 5) is 2.49. The van der Waals surface area contributed by atoms with Crippen LogP contribution in [0.4, 0.5) is 17.1 Å². The fourth-order valence-corrected chi connectivity index (χ4v) is 14.2. The van der Waals surface area contributed by atoms with Gasteiger partial charge in [0.1, 0.15) is 22.3 Å². The minimum atomic E-state index is -0.321. The van der Waals surface area contributed by atoms with Gasteiger partial charge in [0.25, 0.3) is 0 Å². The number of benzene rings is 9. The van der Waals surface area contributed by atoms with Crippen LogP contribution in [0, 0.1) is 6.92 Å². The van der Waals surface area contributed by atoms with Crippen LogP contribution >= 0.6 is 0 Å². The number of anilines is 3. The largest absolute Gasteiger partial charge is 0.456 e. The molecular formula is C67H53NO2. The molecule has 0 atom stereocenters. The molecule has 0 aliphatic heterocycles. The smallest absolute Gasteiger partial charge is 0.144 e. The first-order valence-electron chi connectivity index (χ1n) is 25.1. The third-order valence-electron chi connectivity index (χ3n) is 17.7. The predicted octanol–water partition coefficient (Wildman–Crippen LogP) is 18.5. The van der Waals surface area contributed by atoms with E-state index in [1.54, 1.807) is 0 Å². The van der Waals surface area contributed by atoms with Crippen molar-refractivity contribution in [3.05, 3.63) is 208 Å². The molecule has 0 saturated heterocycles. The number of nitrogens with zero attached hydrogens (tertiary/aromatic N) is 1. The third kappa shape index (κ3) is 4.81. The monoisotopic (exact) mass is 903 g/mol. The number of aryl methyl sites for hydroxylation is 1. The Hall–Kier alpha value is -7.62. The SMILES string of the molecule is Cc1ccc(N(c2ccc3c(c2)C(C)(C)c2cc4c(cc2-3)C(C)(C)c2ccc3oc5ccccc5c3c2-4)c2ccc3c(c2)C(C)(C)c2c4c(c5c(oc6ccccc65)c2-3)-c2ccccc2C4(C)C)cc1. The summed E-state index contributed by atoms with van der Waals surface area (Å²) < 4.78 is 13.5. The van der Waals surface area contributed by atoms with Crippen LogP contribution in [-0.4, -0.2) is 0 Å². The van der Waals surface area contributed by atoms with Gasteiger partial charge in [0, 0.05) is 65.8 Å². The van der Waals surface area contributed by atoms with E-state index < -0.39 is 0 Å². The maximum atomic E-state index is 7.04. The molecule has 338 valence electrons. The van der Waals surface area contributed by atoms with Crippen LogP contribution in [0.5, 0.6) is 0 Å². The maximum Gasteiger partial charge on any atom is 0.144 e. The standard InChI is InChI=1S/C67H53NO2/c1-36-22-24-37(25-23-36)68(38-26-28-40-45-34-52-46(35-51(45)65(4,5)49(40)32-38)56-48(64(52,2)3)30-31-55-57(56)43-17-11-14-20-53(43)69-55)39-27-29-42-50(33-39)67(8,9)62-60(42)63-59(44-18-12-15-21-54(44)70-63)58-41-16-10-13-19-47(41)66(6,7)61(58)62/h10-35H,1-9H3. The van der Waals surface area contributed by atoms with E-state index in [0.29, 0.717) is 0 Å². The van der Waals surface area contributed by atoms with E-state index >= 15 is 0 Å². The van der Waals surface area contributed by atoms with Crippen LogP contribution in [0.1, 0.15) is 105 Å². The maximum absolute atomic E-state index is 7.04. The normalized spacial score (nSPS) is 16.5. The highest BCUT2D eigenvalue weighted by Crippen LogP contribution is 2.64. The zero-order valence-corrected chi connectivity index (χ0v) is 41.3. The van der Waals surface area contributed by atoms with Crippen molar-refractivity contribution in [3.63, 3.8) is 0 Å². The van der Waals surface area contributed by atoms with Crippen molar-refractivity contribution in [2.75, 3.05) is 4.90 Å². The molecule has 3 nitrogen and oxygen atoms in total. The van der Waals surface area contributed by atoms with Crippen molar-refractivity contribution in [2.24, 2.45) is 0 Å². The zero-order chi connectivity index (χ0) is 47.5. The van der Waals surface area contributed by atoms with E-state index in [4.69, 9.17) is 8.83 Å². The van der Waals surface area contributed by atoms with Crippen molar-refractivity contribution in [3.8, 4) is 44.5 Å². The predicted molar refractivity (Wildman–Crippen MR) is 291 cm³/mol. The van der Waals surface area contributed by atoms with Gasteiger partial charge in [-0.1, -0.05) is 152 Å². The second-order valence-electron chi connectivity index (χ2n) is 22.9. The van der Waals surface area contributed by atoms with Gasteiger partial charge in [-0.25, -0.2) is 0 Å². The second-order valence-corrected chi connectivity index (χ2v) is 22.9. The Bertz CT molecular complexity index is 4180. The van der Waals surface area contributed by atoms with Gasteiger partial charge in [0.2, 0.25) is 0 Å². The minimum Gasteiger partial charge on any atom is -0.456 e. The molecule has 15 rings (SSSR count). The summed E-state index contributed by atoms with van der Waals surface area (Å²) in [5.41, 5.74) is 29.0. The molecule has 0 saturated carbocycles. The van der Waals surface area contributed by atoms with Gasteiger partial charge in [-0.3, -0.25) is 0 Å². The lowest BCUT2D eigenvalue weighted by Gasteiger charge is -2.32. The number of hydrogen-bond donors (Lipinski definition) is 0. The highest BCUT2D eigenvalue weighted by Gasteiger charge is 2.49. The fraction of sp³-hybridized carbons (Fsp3) is 0.194. The Labute approximate surface area is 409 Å². The fourth-order valence-electron chi connectivity index (χ4n) is 14.2. The Kier molecular flexibility index (Phi) is 7.46. The molecule has 0 N–H and O–H groups in total. The quantitative estimate of drug-likeness (QED) is 0.177. The summed E-state index contributed by atoms with van der Waals surface area (Å²) in [6.45, 7) is 21.5. The van der Waals surface area contributed by atoms with Gasteiger partial charge >= 0.3 is 0 Å². The Morgan fingerprint density at radius 1 is 0.343 bits per heavy atom. The first kappa shape index (κ1) is 40.3. The number of fused-ring (bicyclic) bond motifs is 22. The molecule has 4 aliphatic carbocycles. The topological polar surface area (TPSA) is 29.5 Å². The van der Waals surface area contributed by atoms with Crippen LogP contribution in [0.15, 0.2) is 167 Å². The van der Waals surface area contributed by atoms with Gasteiger partial charge in [0.05, 0.1) is 0 Å². The van der Waals surface area contributed by atoms with E-state index in [2.05, 4.69) is 225 Å². The van der Waals surface area contributed by atoms with Crippen LogP contribution < -0.4 is 4.90 Å². The van der Waals surface area contributed by atoms with Crippen molar-refractivity contribution in [2.45, 2.75) is 84.0 Å². The molecule has 70 heavy (non-hydrogen) atoms. The third-order valence-corrected chi connectivity index (χ3v) is 17.7. The number of hydrogen-bond acceptors (Lipinski definition) is 3. The second kappa shape index (κ2) is 13.0. The molecule has 11 aromatic rings. The average molecular weight is 904 g/mol. The first-order valence-corrected chi connectivity index (χ1v) is 25.1. The van der Waals surface area contributed by atoms with Crippen LogP contribution in [0.2, 0.25) is 0 Å². The van der Waals surface area contributed by atoms with Crippen molar-refractivity contribution >= 4 is 60.9 Å². The lowest BCUT2D eigenvalue weighted by Crippen LogP contribution is -2.24. The number of para-hydroxylation sites is 2. The van der Waals surface area contributed by atoms with Gasteiger partial charge in [0.15, 0.2) is 0 Å².